The Labute approximate surface area is 114 Å². The van der Waals surface area contributed by atoms with Gasteiger partial charge in [0, 0.05) is 18.0 Å². The zero-order chi connectivity index (χ0) is 13.5. The van der Waals surface area contributed by atoms with Crippen molar-refractivity contribution in [1.82, 2.24) is 0 Å². The zero-order valence-electron chi connectivity index (χ0n) is 11.5. The van der Waals surface area contributed by atoms with Gasteiger partial charge < -0.3 is 10.5 Å². The molecule has 3 heteroatoms. The Kier molecular flexibility index (Phi) is 3.25. The molecule has 3 rings (SSSR count). The highest BCUT2D eigenvalue weighted by molar-refractivity contribution is 5.39. The van der Waals surface area contributed by atoms with Crippen LogP contribution >= 0.6 is 0 Å². The fraction of sp³-hybridized carbons (Fsp3) is 0.625. The van der Waals surface area contributed by atoms with Crippen molar-refractivity contribution in [3.63, 3.8) is 0 Å². The van der Waals surface area contributed by atoms with E-state index >= 15 is 0 Å². The van der Waals surface area contributed by atoms with Crippen LogP contribution in [0.2, 0.25) is 0 Å². The van der Waals surface area contributed by atoms with Gasteiger partial charge in [-0.2, -0.15) is 0 Å². The summed E-state index contributed by atoms with van der Waals surface area (Å²) in [5, 5.41) is 0. The lowest BCUT2D eigenvalue weighted by Crippen LogP contribution is -2.46. The third kappa shape index (κ3) is 2.36. The number of halogens is 1. The molecule has 2 aliphatic rings. The molecule has 1 heterocycles. The molecule has 1 aromatic carbocycles. The average molecular weight is 263 g/mol. The van der Waals surface area contributed by atoms with E-state index in [1.165, 1.54) is 31.4 Å². The maximum absolute atomic E-state index is 13.3. The molecule has 2 N–H and O–H groups in total. The Hall–Kier alpha value is -1.09. The van der Waals surface area contributed by atoms with E-state index < -0.39 is 0 Å². The second-order valence-electron chi connectivity index (χ2n) is 6.15. The van der Waals surface area contributed by atoms with Gasteiger partial charge in [0.15, 0.2) is 0 Å². The van der Waals surface area contributed by atoms with Crippen LogP contribution < -0.4 is 10.5 Å². The topological polar surface area (TPSA) is 35.2 Å². The van der Waals surface area contributed by atoms with E-state index in [9.17, 15) is 4.39 Å². The van der Waals surface area contributed by atoms with Crippen LogP contribution in [0, 0.1) is 11.7 Å². The van der Waals surface area contributed by atoms with E-state index in [1.54, 1.807) is 6.07 Å². The van der Waals surface area contributed by atoms with Crippen LogP contribution in [0.25, 0.3) is 0 Å². The highest BCUT2D eigenvalue weighted by Gasteiger charge is 2.43. The van der Waals surface area contributed by atoms with E-state index in [0.717, 1.165) is 36.5 Å². The summed E-state index contributed by atoms with van der Waals surface area (Å²) >= 11 is 0. The molecule has 0 saturated heterocycles. The Bertz CT molecular complexity index is 476. The largest absolute Gasteiger partial charge is 0.487 e. The predicted molar refractivity (Wildman–Crippen MR) is 73.6 cm³/mol. The molecular weight excluding hydrogens is 241 g/mol. The summed E-state index contributed by atoms with van der Waals surface area (Å²) in [6.45, 7) is 2.25. The van der Waals surface area contributed by atoms with Gasteiger partial charge >= 0.3 is 0 Å². The molecule has 1 spiro atoms. The minimum atomic E-state index is -0.233. The molecule has 1 aliphatic heterocycles. The lowest BCUT2D eigenvalue weighted by Gasteiger charge is -2.46. The van der Waals surface area contributed by atoms with Crippen molar-refractivity contribution < 1.29 is 9.13 Å². The van der Waals surface area contributed by atoms with Gasteiger partial charge in [0.25, 0.3) is 0 Å². The van der Waals surface area contributed by atoms with E-state index in [1.807, 2.05) is 0 Å². The summed E-state index contributed by atoms with van der Waals surface area (Å²) in [4.78, 5) is 0. The first kappa shape index (κ1) is 12.9. The van der Waals surface area contributed by atoms with Crippen molar-refractivity contribution in [3.05, 3.63) is 29.6 Å². The molecule has 2 unspecified atom stereocenters. The molecule has 0 amide bonds. The fourth-order valence-corrected chi connectivity index (χ4v) is 3.76. The first-order valence-electron chi connectivity index (χ1n) is 7.36. The number of nitrogens with two attached hydrogens (primary N) is 1. The van der Waals surface area contributed by atoms with Crippen LogP contribution in [0.3, 0.4) is 0 Å². The van der Waals surface area contributed by atoms with Crippen molar-refractivity contribution >= 4 is 0 Å². The summed E-state index contributed by atoms with van der Waals surface area (Å²) < 4.78 is 19.6. The normalized spacial score (nSPS) is 33.8. The maximum atomic E-state index is 13.3. The number of hydrogen-bond donors (Lipinski definition) is 1. The minimum absolute atomic E-state index is 0.102. The number of rotatable bonds is 1. The highest BCUT2D eigenvalue weighted by atomic mass is 19.1. The van der Waals surface area contributed by atoms with Crippen molar-refractivity contribution in [2.45, 2.75) is 57.1 Å². The van der Waals surface area contributed by atoms with E-state index in [2.05, 4.69) is 6.92 Å². The fourth-order valence-electron chi connectivity index (χ4n) is 3.76. The Balaban J connectivity index is 1.89. The Morgan fingerprint density at radius 1 is 1.42 bits per heavy atom. The molecule has 3 atom stereocenters. The lowest BCUT2D eigenvalue weighted by molar-refractivity contribution is -0.0176. The quantitative estimate of drug-likeness (QED) is 0.832. The second-order valence-corrected chi connectivity index (χ2v) is 6.15. The molecule has 1 saturated carbocycles. The molecule has 1 aromatic rings. The van der Waals surface area contributed by atoms with Gasteiger partial charge in [-0.25, -0.2) is 4.39 Å². The smallest absolute Gasteiger partial charge is 0.125 e. The molecule has 0 radical (unpaired) electrons. The van der Waals surface area contributed by atoms with Crippen molar-refractivity contribution in [1.29, 1.82) is 0 Å². The van der Waals surface area contributed by atoms with Crippen molar-refractivity contribution in [2.75, 3.05) is 0 Å². The molecule has 0 bridgehead atoms. The van der Waals surface area contributed by atoms with E-state index in [-0.39, 0.29) is 17.5 Å². The SMILES string of the molecule is CCC1CCCC2(C1)C[C@H](N)c1cc(F)ccc1O2. The number of ether oxygens (including phenoxy) is 1. The first-order chi connectivity index (χ1) is 9.12. The summed E-state index contributed by atoms with van der Waals surface area (Å²) in [5.41, 5.74) is 6.98. The van der Waals surface area contributed by atoms with Crippen molar-refractivity contribution in [2.24, 2.45) is 11.7 Å². The van der Waals surface area contributed by atoms with Gasteiger partial charge in [0.05, 0.1) is 0 Å². The van der Waals surface area contributed by atoms with Crippen LogP contribution in [-0.2, 0) is 0 Å². The van der Waals surface area contributed by atoms with E-state index in [4.69, 9.17) is 10.5 Å². The van der Waals surface area contributed by atoms with Gasteiger partial charge in [-0.3, -0.25) is 0 Å². The van der Waals surface area contributed by atoms with Gasteiger partial charge in [0.2, 0.25) is 0 Å². The molecule has 0 aromatic heterocycles. The first-order valence-corrected chi connectivity index (χ1v) is 7.36. The van der Waals surface area contributed by atoms with Gasteiger partial charge in [-0.15, -0.1) is 0 Å². The predicted octanol–water partition coefficient (Wildman–Crippen LogP) is 3.95. The third-order valence-electron chi connectivity index (χ3n) is 4.77. The number of hydrogen-bond acceptors (Lipinski definition) is 2. The van der Waals surface area contributed by atoms with Crippen LogP contribution in [0.5, 0.6) is 5.75 Å². The average Bonchev–Trinajstić information content (AvgIpc) is 2.40. The lowest BCUT2D eigenvalue weighted by atomic mass is 9.72. The minimum Gasteiger partial charge on any atom is -0.487 e. The van der Waals surface area contributed by atoms with Gasteiger partial charge in [-0.1, -0.05) is 19.8 Å². The Morgan fingerprint density at radius 3 is 3.05 bits per heavy atom. The summed E-state index contributed by atoms with van der Waals surface area (Å²) in [6.07, 6.45) is 6.70. The van der Waals surface area contributed by atoms with Crippen molar-refractivity contribution in [3.8, 4) is 5.75 Å². The zero-order valence-corrected chi connectivity index (χ0v) is 11.5. The van der Waals surface area contributed by atoms with Crippen LogP contribution in [0.4, 0.5) is 4.39 Å². The second kappa shape index (κ2) is 4.78. The maximum Gasteiger partial charge on any atom is 0.125 e. The van der Waals surface area contributed by atoms with E-state index in [0.29, 0.717) is 0 Å². The molecule has 1 fully saturated rings. The van der Waals surface area contributed by atoms with Gasteiger partial charge in [0.1, 0.15) is 17.2 Å². The standard InChI is InChI=1S/C16H22FNO/c1-2-11-4-3-7-16(9-11)10-14(18)13-8-12(17)5-6-15(13)19-16/h5-6,8,11,14H,2-4,7,9-10,18H2,1H3/t11?,14-,16?/m0/s1. The molecule has 19 heavy (non-hydrogen) atoms. The van der Waals surface area contributed by atoms with Crippen LogP contribution in [0.1, 0.15) is 57.1 Å². The van der Waals surface area contributed by atoms with Crippen LogP contribution in [-0.4, -0.2) is 5.60 Å². The monoisotopic (exact) mass is 263 g/mol. The molecule has 104 valence electrons. The van der Waals surface area contributed by atoms with Gasteiger partial charge in [-0.05, 0) is 43.4 Å². The van der Waals surface area contributed by atoms with Crippen LogP contribution in [0.15, 0.2) is 18.2 Å². The molecule has 2 nitrogen and oxygen atoms in total. The highest BCUT2D eigenvalue weighted by Crippen LogP contribution is 2.47. The third-order valence-corrected chi connectivity index (χ3v) is 4.77. The molecular formula is C16H22FNO. The molecule has 1 aliphatic carbocycles. The Morgan fingerprint density at radius 2 is 2.26 bits per heavy atom. The summed E-state index contributed by atoms with van der Waals surface area (Å²) in [6, 6.07) is 4.62. The summed E-state index contributed by atoms with van der Waals surface area (Å²) in [5.74, 6) is 1.30. The number of fused-ring (bicyclic) bond motifs is 1. The summed E-state index contributed by atoms with van der Waals surface area (Å²) in [7, 11) is 0. The number of benzene rings is 1.